The van der Waals surface area contributed by atoms with E-state index in [1.807, 2.05) is 0 Å². The number of aromatic nitrogens is 1. The van der Waals surface area contributed by atoms with Gasteiger partial charge in [0.05, 0.1) is 17.0 Å². The van der Waals surface area contributed by atoms with Crippen molar-refractivity contribution in [2.24, 2.45) is 0 Å². The highest BCUT2D eigenvalue weighted by atomic mass is 16.6. The topological polar surface area (TPSA) is 102 Å². The lowest BCUT2D eigenvalue weighted by molar-refractivity contribution is -0.384. The molecule has 0 saturated heterocycles. The number of nitro groups is 1. The Kier molecular flexibility index (Phi) is 3.28. The van der Waals surface area contributed by atoms with Gasteiger partial charge in [0.1, 0.15) is 5.56 Å². The van der Waals surface area contributed by atoms with Gasteiger partial charge in [-0.15, -0.1) is 0 Å². The average molecular weight is 262 g/mol. The number of ether oxygens (including phenoxy) is 1. The minimum atomic E-state index is -0.719. The molecule has 0 aliphatic rings. The van der Waals surface area contributed by atoms with Crippen molar-refractivity contribution < 1.29 is 14.5 Å². The second-order valence-electron chi connectivity index (χ2n) is 3.76. The first kappa shape index (κ1) is 12.7. The predicted octanol–water partition coefficient (Wildman–Crippen LogP) is 1.61. The molecule has 1 aromatic heterocycles. The maximum atomic E-state index is 11.7. The van der Waals surface area contributed by atoms with Gasteiger partial charge in [-0.3, -0.25) is 14.9 Å². The quantitative estimate of drug-likeness (QED) is 0.514. The van der Waals surface area contributed by atoms with E-state index in [0.29, 0.717) is 10.9 Å². The van der Waals surface area contributed by atoms with Crippen LogP contribution in [0.15, 0.2) is 29.1 Å². The molecule has 0 aliphatic carbocycles. The number of fused-ring (bicyclic) bond motifs is 1. The molecule has 0 saturated carbocycles. The van der Waals surface area contributed by atoms with Crippen LogP contribution in [0.4, 0.5) is 5.69 Å². The Labute approximate surface area is 107 Å². The number of carbonyl (C=O) groups excluding carboxylic acids is 1. The molecule has 2 aromatic rings. The molecule has 1 aromatic carbocycles. The Morgan fingerprint density at radius 2 is 2.16 bits per heavy atom. The van der Waals surface area contributed by atoms with Crippen molar-refractivity contribution in [3.63, 3.8) is 0 Å². The van der Waals surface area contributed by atoms with Crippen LogP contribution in [0.2, 0.25) is 0 Å². The number of nitrogens with zero attached hydrogens (tertiary/aromatic N) is 1. The van der Waals surface area contributed by atoms with Gasteiger partial charge in [-0.1, -0.05) is 0 Å². The highest BCUT2D eigenvalue weighted by molar-refractivity contribution is 5.93. The van der Waals surface area contributed by atoms with E-state index in [0.717, 1.165) is 0 Å². The fraction of sp³-hybridized carbons (Fsp3) is 0.167. The molecule has 0 bridgehead atoms. The van der Waals surface area contributed by atoms with Crippen molar-refractivity contribution >= 4 is 22.6 Å². The number of hydrogen-bond acceptors (Lipinski definition) is 5. The molecule has 0 fully saturated rings. The van der Waals surface area contributed by atoms with Crippen LogP contribution in [0.3, 0.4) is 0 Å². The number of H-pyrrole nitrogens is 1. The molecular formula is C12H10N2O5. The van der Waals surface area contributed by atoms with E-state index >= 15 is 0 Å². The average Bonchev–Trinajstić information content (AvgIpc) is 2.37. The van der Waals surface area contributed by atoms with Crippen LogP contribution in [0.5, 0.6) is 0 Å². The molecule has 0 spiro atoms. The fourth-order valence-corrected chi connectivity index (χ4v) is 1.66. The van der Waals surface area contributed by atoms with Crippen LogP contribution in [-0.4, -0.2) is 22.5 Å². The van der Waals surface area contributed by atoms with Gasteiger partial charge in [0.15, 0.2) is 0 Å². The number of nitro benzene ring substituents is 1. The van der Waals surface area contributed by atoms with Gasteiger partial charge < -0.3 is 9.72 Å². The number of nitrogens with one attached hydrogen (secondary N) is 1. The van der Waals surface area contributed by atoms with Crippen molar-refractivity contribution in [1.82, 2.24) is 4.98 Å². The van der Waals surface area contributed by atoms with Crippen LogP contribution < -0.4 is 5.56 Å². The van der Waals surface area contributed by atoms with E-state index in [9.17, 15) is 19.7 Å². The number of hydrogen-bond donors (Lipinski definition) is 1. The molecule has 0 unspecified atom stereocenters. The summed E-state index contributed by atoms with van der Waals surface area (Å²) in [5.74, 6) is -0.719. The van der Waals surface area contributed by atoms with Gasteiger partial charge in [0.25, 0.3) is 11.2 Å². The molecule has 0 atom stereocenters. The highest BCUT2D eigenvalue weighted by Crippen LogP contribution is 2.18. The van der Waals surface area contributed by atoms with Crippen molar-refractivity contribution in [3.8, 4) is 0 Å². The van der Waals surface area contributed by atoms with Gasteiger partial charge in [0, 0.05) is 12.1 Å². The third-order valence-electron chi connectivity index (χ3n) is 2.54. The first-order valence-electron chi connectivity index (χ1n) is 5.51. The predicted molar refractivity (Wildman–Crippen MR) is 67.2 cm³/mol. The minimum absolute atomic E-state index is 0.122. The number of aromatic amines is 1. The van der Waals surface area contributed by atoms with Crippen LogP contribution >= 0.6 is 0 Å². The van der Waals surface area contributed by atoms with Crippen LogP contribution in [0.25, 0.3) is 10.9 Å². The number of pyridine rings is 1. The van der Waals surface area contributed by atoms with Crippen LogP contribution in [-0.2, 0) is 4.74 Å². The second kappa shape index (κ2) is 4.89. The molecule has 1 N–H and O–H groups in total. The van der Waals surface area contributed by atoms with Crippen molar-refractivity contribution in [1.29, 1.82) is 0 Å². The van der Waals surface area contributed by atoms with Crippen molar-refractivity contribution in [3.05, 3.63) is 50.3 Å². The third kappa shape index (κ3) is 2.44. The summed E-state index contributed by atoms with van der Waals surface area (Å²) in [6.07, 6.45) is 0. The van der Waals surface area contributed by atoms with E-state index in [-0.39, 0.29) is 17.9 Å². The van der Waals surface area contributed by atoms with Gasteiger partial charge in [-0.25, -0.2) is 4.79 Å². The van der Waals surface area contributed by atoms with Gasteiger partial charge in [-0.2, -0.15) is 0 Å². The summed E-state index contributed by atoms with van der Waals surface area (Å²) < 4.78 is 4.75. The lowest BCUT2D eigenvalue weighted by atomic mass is 10.1. The van der Waals surface area contributed by atoms with Crippen LogP contribution in [0, 0.1) is 10.1 Å². The Bertz CT molecular complexity index is 720. The number of non-ortho nitro benzene ring substituents is 1. The summed E-state index contributed by atoms with van der Waals surface area (Å²) in [6, 6.07) is 5.36. The Hall–Kier alpha value is -2.70. The lowest BCUT2D eigenvalue weighted by Gasteiger charge is -2.03. The highest BCUT2D eigenvalue weighted by Gasteiger charge is 2.14. The van der Waals surface area contributed by atoms with E-state index < -0.39 is 16.5 Å². The molecule has 2 rings (SSSR count). The zero-order valence-electron chi connectivity index (χ0n) is 10.0. The Balaban J connectivity index is 2.58. The summed E-state index contributed by atoms with van der Waals surface area (Å²) in [5, 5.41) is 11.2. The van der Waals surface area contributed by atoms with Gasteiger partial charge in [-0.05, 0) is 24.4 Å². The van der Waals surface area contributed by atoms with Crippen molar-refractivity contribution in [2.45, 2.75) is 6.92 Å². The molecule has 0 radical (unpaired) electrons. The molecule has 7 nitrogen and oxygen atoms in total. The second-order valence-corrected chi connectivity index (χ2v) is 3.76. The molecule has 19 heavy (non-hydrogen) atoms. The normalized spacial score (nSPS) is 10.4. The molecule has 0 aliphatic heterocycles. The Morgan fingerprint density at radius 3 is 2.79 bits per heavy atom. The van der Waals surface area contributed by atoms with Gasteiger partial charge in [0.2, 0.25) is 0 Å². The zero-order valence-corrected chi connectivity index (χ0v) is 10.0. The van der Waals surface area contributed by atoms with E-state index in [4.69, 9.17) is 4.74 Å². The summed E-state index contributed by atoms with van der Waals surface area (Å²) in [7, 11) is 0. The molecule has 0 amide bonds. The summed E-state index contributed by atoms with van der Waals surface area (Å²) in [5.41, 5.74) is -0.589. The molecular weight excluding hydrogens is 252 g/mol. The van der Waals surface area contributed by atoms with Crippen LogP contribution in [0.1, 0.15) is 17.3 Å². The number of benzene rings is 1. The molecule has 1 heterocycles. The van der Waals surface area contributed by atoms with E-state index in [1.165, 1.54) is 24.3 Å². The Morgan fingerprint density at radius 1 is 1.42 bits per heavy atom. The molecule has 98 valence electrons. The number of carbonyl (C=O) groups is 1. The fourth-order valence-electron chi connectivity index (χ4n) is 1.66. The summed E-state index contributed by atoms with van der Waals surface area (Å²) in [4.78, 5) is 35.7. The standard InChI is InChI=1S/C12H10N2O5/c1-2-19-12(16)9-5-7-3-4-8(14(17)18)6-10(7)13-11(9)15/h3-6H,2H2,1H3,(H,13,15). The van der Waals surface area contributed by atoms with E-state index in [1.54, 1.807) is 6.92 Å². The maximum Gasteiger partial charge on any atom is 0.343 e. The summed E-state index contributed by atoms with van der Waals surface area (Å²) >= 11 is 0. The van der Waals surface area contributed by atoms with Gasteiger partial charge >= 0.3 is 5.97 Å². The monoisotopic (exact) mass is 262 g/mol. The maximum absolute atomic E-state index is 11.7. The number of esters is 1. The third-order valence-corrected chi connectivity index (χ3v) is 2.54. The SMILES string of the molecule is CCOC(=O)c1cc2ccc([N+](=O)[O-])cc2[nH]c1=O. The largest absolute Gasteiger partial charge is 0.462 e. The number of rotatable bonds is 3. The first-order chi connectivity index (χ1) is 9.02. The summed E-state index contributed by atoms with van der Waals surface area (Å²) in [6.45, 7) is 1.80. The van der Waals surface area contributed by atoms with Crippen molar-refractivity contribution in [2.75, 3.05) is 6.61 Å². The zero-order chi connectivity index (χ0) is 14.0. The first-order valence-corrected chi connectivity index (χ1v) is 5.51. The minimum Gasteiger partial charge on any atom is -0.462 e. The lowest BCUT2D eigenvalue weighted by Crippen LogP contribution is -2.19. The molecule has 7 heteroatoms. The van der Waals surface area contributed by atoms with E-state index in [2.05, 4.69) is 4.98 Å². The smallest absolute Gasteiger partial charge is 0.343 e.